The lowest BCUT2D eigenvalue weighted by atomic mass is 9.85. The van der Waals surface area contributed by atoms with Gasteiger partial charge < -0.3 is 14.8 Å². The predicted molar refractivity (Wildman–Crippen MR) is 99.6 cm³/mol. The monoisotopic (exact) mass is 417 g/mol. The Morgan fingerprint density at radius 2 is 2.15 bits per heavy atom. The molecule has 1 spiro atoms. The molecule has 0 radical (unpaired) electrons. The fourth-order valence-electron chi connectivity index (χ4n) is 3.58. The first-order valence-electron chi connectivity index (χ1n) is 8.32. The third kappa shape index (κ3) is 2.93. The summed E-state index contributed by atoms with van der Waals surface area (Å²) in [5.74, 6) is -0.109. The second-order valence-corrected chi connectivity index (χ2v) is 7.41. The zero-order chi connectivity index (χ0) is 18.3. The van der Waals surface area contributed by atoms with Crippen molar-refractivity contribution >= 4 is 27.5 Å². The van der Waals surface area contributed by atoms with Gasteiger partial charge in [-0.15, -0.1) is 0 Å². The van der Waals surface area contributed by atoms with Crippen LogP contribution in [0.25, 0.3) is 0 Å². The first-order chi connectivity index (χ1) is 12.5. The zero-order valence-electron chi connectivity index (χ0n) is 14.1. The van der Waals surface area contributed by atoms with Crippen LogP contribution in [0.3, 0.4) is 0 Å². The van der Waals surface area contributed by atoms with Crippen LogP contribution in [-0.2, 0) is 15.1 Å². The number of benzene rings is 2. The molecule has 0 saturated carbocycles. The van der Waals surface area contributed by atoms with Crippen LogP contribution in [0.1, 0.15) is 18.9 Å². The maximum Gasteiger partial charge on any atom is 0.261 e. The number of hydrogen-bond acceptors (Lipinski definition) is 3. The van der Waals surface area contributed by atoms with Gasteiger partial charge in [-0.2, -0.15) is 0 Å². The fourth-order valence-corrected chi connectivity index (χ4v) is 4.26. The molecule has 0 saturated heterocycles. The number of rotatable bonds is 3. The van der Waals surface area contributed by atoms with Crippen molar-refractivity contribution in [3.8, 4) is 5.75 Å². The summed E-state index contributed by atoms with van der Waals surface area (Å²) in [6.07, 6.45) is 2.01. The topological polar surface area (TPSA) is 47.6 Å². The van der Waals surface area contributed by atoms with E-state index in [1.807, 2.05) is 31.2 Å². The van der Waals surface area contributed by atoms with Gasteiger partial charge in [-0.05, 0) is 31.2 Å². The number of fused-ring (bicyclic) bond motifs is 2. The highest BCUT2D eigenvalue weighted by Crippen LogP contribution is 2.48. The molecular formula is C20H17BrFNO3. The molecule has 2 atom stereocenters. The molecule has 6 heteroatoms. The summed E-state index contributed by atoms with van der Waals surface area (Å²) < 4.78 is 26.1. The van der Waals surface area contributed by atoms with Crippen LogP contribution < -0.4 is 10.1 Å². The van der Waals surface area contributed by atoms with Crippen molar-refractivity contribution in [1.29, 1.82) is 0 Å². The summed E-state index contributed by atoms with van der Waals surface area (Å²) in [7, 11) is 0. The quantitative estimate of drug-likeness (QED) is 0.745. The molecule has 2 aliphatic rings. The summed E-state index contributed by atoms with van der Waals surface area (Å²) >= 11 is 3.54. The molecule has 0 unspecified atom stereocenters. The maximum atomic E-state index is 13.3. The number of ether oxygens (including phenoxy) is 2. The van der Waals surface area contributed by atoms with Crippen LogP contribution in [0.15, 0.2) is 58.6 Å². The van der Waals surface area contributed by atoms with E-state index in [0.717, 1.165) is 21.3 Å². The van der Waals surface area contributed by atoms with Gasteiger partial charge in [-0.25, -0.2) is 4.39 Å². The van der Waals surface area contributed by atoms with Gasteiger partial charge in [0, 0.05) is 28.2 Å². The first kappa shape index (κ1) is 17.2. The number of carbonyl (C=O) groups is 1. The Hall–Kier alpha value is -2.18. The second-order valence-electron chi connectivity index (χ2n) is 6.56. The summed E-state index contributed by atoms with van der Waals surface area (Å²) in [5.41, 5.74) is 1.53. The molecule has 0 aliphatic carbocycles. The average Bonchev–Trinajstić information content (AvgIpc) is 2.85. The summed E-state index contributed by atoms with van der Waals surface area (Å²) in [6, 6.07) is 11.6. The Labute approximate surface area is 159 Å². The molecule has 0 aromatic heterocycles. The van der Waals surface area contributed by atoms with E-state index in [0.29, 0.717) is 12.2 Å². The molecular weight excluding hydrogens is 401 g/mol. The van der Waals surface area contributed by atoms with Gasteiger partial charge in [-0.3, -0.25) is 4.79 Å². The summed E-state index contributed by atoms with van der Waals surface area (Å²) in [6.45, 7) is 2.16. The highest BCUT2D eigenvalue weighted by atomic mass is 79.9. The normalized spacial score (nSPS) is 24.2. The first-order valence-corrected chi connectivity index (χ1v) is 9.11. The van der Waals surface area contributed by atoms with Crippen molar-refractivity contribution in [2.45, 2.75) is 25.0 Å². The smallest absolute Gasteiger partial charge is 0.261 e. The Bertz CT molecular complexity index is 914. The van der Waals surface area contributed by atoms with Gasteiger partial charge in [-0.1, -0.05) is 39.7 Å². The minimum atomic E-state index is -1.08. The molecule has 0 bridgehead atoms. The van der Waals surface area contributed by atoms with Crippen LogP contribution in [-0.4, -0.2) is 18.6 Å². The second kappa shape index (κ2) is 6.52. The van der Waals surface area contributed by atoms with E-state index in [1.54, 1.807) is 12.1 Å². The molecule has 1 amide bonds. The van der Waals surface area contributed by atoms with Crippen LogP contribution >= 0.6 is 15.9 Å². The molecule has 134 valence electrons. The molecule has 2 aliphatic heterocycles. The van der Waals surface area contributed by atoms with E-state index < -0.39 is 11.7 Å². The Morgan fingerprint density at radius 1 is 1.35 bits per heavy atom. The molecule has 2 aromatic rings. The van der Waals surface area contributed by atoms with E-state index in [2.05, 4.69) is 21.2 Å². The lowest BCUT2D eigenvalue weighted by Gasteiger charge is -2.36. The largest absolute Gasteiger partial charge is 0.490 e. The van der Waals surface area contributed by atoms with E-state index in [4.69, 9.17) is 9.47 Å². The predicted octanol–water partition coefficient (Wildman–Crippen LogP) is 4.55. The Balaban J connectivity index is 1.61. The van der Waals surface area contributed by atoms with Crippen LogP contribution in [0.2, 0.25) is 0 Å². The van der Waals surface area contributed by atoms with Crippen molar-refractivity contribution in [3.63, 3.8) is 0 Å². The molecule has 0 fully saturated rings. The van der Waals surface area contributed by atoms with Crippen molar-refractivity contribution < 1.29 is 18.7 Å². The number of carbonyl (C=O) groups excluding carboxylic acids is 1. The van der Waals surface area contributed by atoms with Crippen LogP contribution in [0.5, 0.6) is 5.75 Å². The lowest BCUT2D eigenvalue weighted by molar-refractivity contribution is -0.151. The third-order valence-corrected chi connectivity index (χ3v) is 5.25. The standard InChI is InChI=1S/C20H17BrFNO3/c1-12-8-15(11-25-14-5-2-4-13(22)9-14)26-20(10-12)18-16(21)6-3-7-17(18)23-19(20)24/h2-9,15H,10-11H2,1H3,(H,23,24)/t15-,20+/m0/s1. The van der Waals surface area contributed by atoms with Crippen molar-refractivity contribution in [2.24, 2.45) is 0 Å². The minimum Gasteiger partial charge on any atom is -0.490 e. The Morgan fingerprint density at radius 3 is 2.96 bits per heavy atom. The molecule has 1 N–H and O–H groups in total. The van der Waals surface area contributed by atoms with Crippen molar-refractivity contribution in [2.75, 3.05) is 11.9 Å². The van der Waals surface area contributed by atoms with Crippen LogP contribution in [0, 0.1) is 5.82 Å². The third-order valence-electron chi connectivity index (χ3n) is 4.59. The van der Waals surface area contributed by atoms with Gasteiger partial charge in [0.2, 0.25) is 0 Å². The van der Waals surface area contributed by atoms with Gasteiger partial charge in [0.15, 0.2) is 5.60 Å². The minimum absolute atomic E-state index is 0.178. The van der Waals surface area contributed by atoms with E-state index in [-0.39, 0.29) is 18.3 Å². The van der Waals surface area contributed by atoms with E-state index in [9.17, 15) is 9.18 Å². The highest BCUT2D eigenvalue weighted by Gasteiger charge is 2.52. The van der Waals surface area contributed by atoms with Crippen LogP contribution in [0.4, 0.5) is 10.1 Å². The summed E-state index contributed by atoms with van der Waals surface area (Å²) in [5, 5.41) is 2.91. The van der Waals surface area contributed by atoms with Gasteiger partial charge >= 0.3 is 0 Å². The van der Waals surface area contributed by atoms with Gasteiger partial charge in [0.05, 0.1) is 0 Å². The van der Waals surface area contributed by atoms with E-state index >= 15 is 0 Å². The fraction of sp³-hybridized carbons (Fsp3) is 0.250. The SMILES string of the molecule is CC1=C[C@@H](COc2cccc(F)c2)O[C@@]2(C1)C(=O)Nc1cccc(Br)c12. The summed E-state index contributed by atoms with van der Waals surface area (Å²) in [4.78, 5) is 12.8. The highest BCUT2D eigenvalue weighted by molar-refractivity contribution is 9.10. The van der Waals surface area contributed by atoms with Crippen molar-refractivity contribution in [3.05, 3.63) is 70.0 Å². The molecule has 4 rings (SSSR count). The van der Waals surface area contributed by atoms with E-state index in [1.165, 1.54) is 12.1 Å². The molecule has 2 heterocycles. The lowest BCUT2D eigenvalue weighted by Crippen LogP contribution is -2.44. The number of halogens is 2. The number of anilines is 1. The average molecular weight is 418 g/mol. The van der Waals surface area contributed by atoms with Gasteiger partial charge in [0.1, 0.15) is 24.3 Å². The molecule has 4 nitrogen and oxygen atoms in total. The van der Waals surface area contributed by atoms with Gasteiger partial charge in [0.25, 0.3) is 5.91 Å². The molecule has 2 aromatic carbocycles. The number of hydrogen-bond donors (Lipinski definition) is 1. The van der Waals surface area contributed by atoms with Crippen molar-refractivity contribution in [1.82, 2.24) is 0 Å². The Kier molecular flexibility index (Phi) is 4.32. The zero-order valence-corrected chi connectivity index (χ0v) is 15.7. The number of amides is 1. The molecule has 26 heavy (non-hydrogen) atoms. The number of nitrogens with one attached hydrogen (secondary N) is 1. The maximum absolute atomic E-state index is 13.3.